The molecule has 1 aliphatic rings. The summed E-state index contributed by atoms with van der Waals surface area (Å²) in [6.07, 6.45) is 1.68. The summed E-state index contributed by atoms with van der Waals surface area (Å²) in [7, 11) is 0. The third-order valence-corrected chi connectivity index (χ3v) is 2.47. The number of hydrogen-bond acceptors (Lipinski definition) is 5. The van der Waals surface area contributed by atoms with E-state index in [1.54, 1.807) is 6.20 Å². The Morgan fingerprint density at radius 1 is 1.60 bits per heavy atom. The number of fused-ring (bicyclic) bond motifs is 1. The van der Waals surface area contributed by atoms with Crippen LogP contribution in [0.25, 0.3) is 0 Å². The summed E-state index contributed by atoms with van der Waals surface area (Å²) >= 11 is 0. The minimum absolute atomic E-state index is 0.127. The fraction of sp³-hybridized carbons (Fsp3) is 0.600. The van der Waals surface area contributed by atoms with Crippen molar-refractivity contribution < 1.29 is 4.74 Å². The molecule has 0 bridgehead atoms. The normalized spacial score (nSPS) is 20.6. The summed E-state index contributed by atoms with van der Waals surface area (Å²) in [5.41, 5.74) is 6.41. The van der Waals surface area contributed by atoms with Gasteiger partial charge in [0.15, 0.2) is 0 Å². The lowest BCUT2D eigenvalue weighted by atomic mass is 10.1. The van der Waals surface area contributed by atoms with Gasteiger partial charge in [-0.1, -0.05) is 13.8 Å². The van der Waals surface area contributed by atoms with Crippen molar-refractivity contribution in [3.63, 3.8) is 0 Å². The van der Waals surface area contributed by atoms with E-state index in [0.717, 1.165) is 12.2 Å². The molecule has 2 rings (SSSR count). The van der Waals surface area contributed by atoms with Gasteiger partial charge in [0.05, 0.1) is 6.20 Å². The van der Waals surface area contributed by atoms with Crippen LogP contribution in [0.5, 0.6) is 5.88 Å². The molecule has 82 valence electrons. The zero-order valence-electron chi connectivity index (χ0n) is 9.03. The number of ether oxygens (including phenoxy) is 1. The summed E-state index contributed by atoms with van der Waals surface area (Å²) in [5, 5.41) is 3.29. The van der Waals surface area contributed by atoms with Crippen LogP contribution in [0.3, 0.4) is 0 Å². The molecule has 3 N–H and O–H groups in total. The molecule has 1 aromatic heterocycles. The Balaban J connectivity index is 2.27. The molecule has 0 spiro atoms. The molecule has 0 saturated carbocycles. The molecule has 1 aromatic rings. The number of anilines is 1. The Kier molecular flexibility index (Phi) is 2.73. The van der Waals surface area contributed by atoms with Crippen LogP contribution in [-0.2, 0) is 6.54 Å². The van der Waals surface area contributed by atoms with E-state index >= 15 is 0 Å². The maximum Gasteiger partial charge on any atom is 0.239 e. The molecule has 0 amide bonds. The fourth-order valence-electron chi connectivity index (χ4n) is 1.52. The number of rotatable bonds is 1. The van der Waals surface area contributed by atoms with Crippen molar-refractivity contribution >= 4 is 5.82 Å². The summed E-state index contributed by atoms with van der Waals surface area (Å²) in [5.74, 6) is 1.41. The number of hydrogen-bond donors (Lipinski definition) is 2. The second-order valence-corrected chi connectivity index (χ2v) is 4.08. The van der Waals surface area contributed by atoms with Crippen molar-refractivity contribution in [2.45, 2.75) is 26.5 Å². The van der Waals surface area contributed by atoms with Crippen LogP contribution in [0, 0.1) is 5.92 Å². The Morgan fingerprint density at radius 2 is 2.40 bits per heavy atom. The maximum absolute atomic E-state index is 5.78. The van der Waals surface area contributed by atoms with Crippen LogP contribution < -0.4 is 15.8 Å². The summed E-state index contributed by atoms with van der Waals surface area (Å²) < 4.78 is 5.78. The number of nitrogen functional groups attached to an aromatic ring is 1. The summed E-state index contributed by atoms with van der Waals surface area (Å²) in [6.45, 7) is 5.75. The topological polar surface area (TPSA) is 73.1 Å². The molecule has 0 aliphatic carbocycles. The molecule has 1 atom stereocenters. The Labute approximate surface area is 89.1 Å². The lowest BCUT2D eigenvalue weighted by Gasteiger charge is -2.19. The van der Waals surface area contributed by atoms with Crippen LogP contribution in [0.15, 0.2) is 6.20 Å². The molecule has 0 fully saturated rings. The predicted octanol–water partition coefficient (Wildman–Crippen LogP) is 0.565. The first kappa shape index (κ1) is 10.2. The molecule has 0 aromatic carbocycles. The van der Waals surface area contributed by atoms with Gasteiger partial charge in [0.2, 0.25) is 5.88 Å². The van der Waals surface area contributed by atoms with Gasteiger partial charge in [-0.3, -0.25) is 4.98 Å². The highest BCUT2D eigenvalue weighted by Crippen LogP contribution is 2.20. The smallest absolute Gasteiger partial charge is 0.239 e. The minimum atomic E-state index is 0.127. The molecule has 0 saturated heterocycles. The van der Waals surface area contributed by atoms with E-state index in [2.05, 4.69) is 29.1 Å². The molecular weight excluding hydrogens is 192 g/mol. The van der Waals surface area contributed by atoms with Crippen LogP contribution >= 0.6 is 0 Å². The zero-order valence-corrected chi connectivity index (χ0v) is 9.03. The van der Waals surface area contributed by atoms with E-state index in [4.69, 9.17) is 10.5 Å². The van der Waals surface area contributed by atoms with Gasteiger partial charge >= 0.3 is 0 Å². The molecule has 1 unspecified atom stereocenters. The Bertz CT molecular complexity index is 353. The third kappa shape index (κ3) is 2.18. The first-order chi connectivity index (χ1) is 7.16. The van der Waals surface area contributed by atoms with Gasteiger partial charge in [-0.2, -0.15) is 4.98 Å². The summed E-state index contributed by atoms with van der Waals surface area (Å²) in [6, 6.07) is 0. The van der Waals surface area contributed by atoms with E-state index in [0.29, 0.717) is 24.2 Å². The molecule has 2 heterocycles. The largest absolute Gasteiger partial charge is 0.471 e. The number of nitrogens with zero attached hydrogens (tertiary/aromatic N) is 2. The van der Waals surface area contributed by atoms with E-state index in [9.17, 15) is 0 Å². The highest BCUT2D eigenvalue weighted by molar-refractivity contribution is 5.31. The van der Waals surface area contributed by atoms with Crippen LogP contribution in [0.2, 0.25) is 0 Å². The van der Waals surface area contributed by atoms with Gasteiger partial charge in [-0.05, 0) is 5.92 Å². The third-order valence-electron chi connectivity index (χ3n) is 2.47. The SMILES string of the molecule is CC(C)C1CNCc2ncc(N)nc2O1. The molecule has 0 radical (unpaired) electrons. The zero-order chi connectivity index (χ0) is 10.8. The first-order valence-electron chi connectivity index (χ1n) is 5.15. The molecule has 1 aliphatic heterocycles. The van der Waals surface area contributed by atoms with Gasteiger partial charge in [0.1, 0.15) is 17.6 Å². The minimum Gasteiger partial charge on any atom is -0.471 e. The Morgan fingerprint density at radius 3 is 3.13 bits per heavy atom. The van der Waals surface area contributed by atoms with E-state index in [1.807, 2.05) is 0 Å². The van der Waals surface area contributed by atoms with Crippen LogP contribution in [0.1, 0.15) is 19.5 Å². The summed E-state index contributed by atoms with van der Waals surface area (Å²) in [4.78, 5) is 8.36. The van der Waals surface area contributed by atoms with Crippen LogP contribution in [0.4, 0.5) is 5.82 Å². The number of nitrogens with two attached hydrogens (primary N) is 1. The molecule has 5 heteroatoms. The molecular formula is C10H16N4O. The lowest BCUT2D eigenvalue weighted by Crippen LogP contribution is -2.32. The number of nitrogens with one attached hydrogen (secondary N) is 1. The van der Waals surface area contributed by atoms with E-state index in [1.165, 1.54) is 0 Å². The van der Waals surface area contributed by atoms with Gasteiger partial charge in [0, 0.05) is 13.1 Å². The fourth-order valence-corrected chi connectivity index (χ4v) is 1.52. The van der Waals surface area contributed by atoms with Crippen molar-refractivity contribution in [1.29, 1.82) is 0 Å². The standard InChI is InChI=1S/C10H16N4O/c1-6(2)8-4-12-3-7-10(15-8)14-9(11)5-13-7/h5-6,8,12H,3-4H2,1-2H3,(H2,11,14). The monoisotopic (exact) mass is 208 g/mol. The molecule has 5 nitrogen and oxygen atoms in total. The predicted molar refractivity (Wildman–Crippen MR) is 57.4 cm³/mol. The van der Waals surface area contributed by atoms with Crippen molar-refractivity contribution in [3.05, 3.63) is 11.9 Å². The molecule has 15 heavy (non-hydrogen) atoms. The van der Waals surface area contributed by atoms with Crippen molar-refractivity contribution in [1.82, 2.24) is 15.3 Å². The quantitative estimate of drug-likeness (QED) is 0.705. The van der Waals surface area contributed by atoms with Gasteiger partial charge in [-0.15, -0.1) is 0 Å². The van der Waals surface area contributed by atoms with E-state index < -0.39 is 0 Å². The van der Waals surface area contributed by atoms with Crippen LogP contribution in [-0.4, -0.2) is 22.6 Å². The maximum atomic E-state index is 5.78. The lowest BCUT2D eigenvalue weighted by molar-refractivity contribution is 0.149. The second-order valence-electron chi connectivity index (χ2n) is 4.08. The Hall–Kier alpha value is -1.36. The average Bonchev–Trinajstić information content (AvgIpc) is 2.39. The number of aromatic nitrogens is 2. The van der Waals surface area contributed by atoms with Crippen molar-refractivity contribution in [2.24, 2.45) is 5.92 Å². The van der Waals surface area contributed by atoms with E-state index in [-0.39, 0.29) is 6.10 Å². The van der Waals surface area contributed by atoms with Gasteiger partial charge in [-0.25, -0.2) is 0 Å². The first-order valence-corrected chi connectivity index (χ1v) is 5.15. The highest BCUT2D eigenvalue weighted by atomic mass is 16.5. The van der Waals surface area contributed by atoms with Gasteiger partial charge in [0.25, 0.3) is 0 Å². The van der Waals surface area contributed by atoms with Crippen molar-refractivity contribution in [3.8, 4) is 5.88 Å². The average molecular weight is 208 g/mol. The van der Waals surface area contributed by atoms with Gasteiger partial charge < -0.3 is 15.8 Å². The van der Waals surface area contributed by atoms with Crippen molar-refractivity contribution in [2.75, 3.05) is 12.3 Å². The second kappa shape index (κ2) is 4.02. The highest BCUT2D eigenvalue weighted by Gasteiger charge is 2.21.